The molecule has 0 radical (unpaired) electrons. The molecule has 3 aromatic heterocycles. The molecule has 4 aromatic rings. The van der Waals surface area contributed by atoms with Gasteiger partial charge in [-0.25, -0.2) is 9.36 Å². The molecule has 0 spiro atoms. The first-order valence-corrected chi connectivity index (χ1v) is 7.72. The summed E-state index contributed by atoms with van der Waals surface area (Å²) >= 11 is 0. The molecule has 0 unspecified atom stereocenters. The zero-order valence-corrected chi connectivity index (χ0v) is 13.6. The fourth-order valence-electron chi connectivity index (χ4n) is 2.71. The van der Waals surface area contributed by atoms with Crippen LogP contribution >= 0.6 is 0 Å². The van der Waals surface area contributed by atoms with E-state index in [-0.39, 0.29) is 5.91 Å². The highest BCUT2D eigenvalue weighted by atomic mass is 16.1. The van der Waals surface area contributed by atoms with Crippen molar-refractivity contribution in [1.29, 1.82) is 0 Å². The van der Waals surface area contributed by atoms with Crippen molar-refractivity contribution in [3.63, 3.8) is 0 Å². The van der Waals surface area contributed by atoms with Crippen LogP contribution in [0.3, 0.4) is 0 Å². The van der Waals surface area contributed by atoms with Crippen molar-refractivity contribution < 1.29 is 4.79 Å². The molecule has 0 bridgehead atoms. The van der Waals surface area contributed by atoms with Crippen molar-refractivity contribution in [2.24, 2.45) is 7.05 Å². The first-order valence-electron chi connectivity index (χ1n) is 7.72. The van der Waals surface area contributed by atoms with Crippen molar-refractivity contribution in [1.82, 2.24) is 40.2 Å². The number of tetrazole rings is 1. The van der Waals surface area contributed by atoms with E-state index in [4.69, 9.17) is 0 Å². The molecular formula is C15H15N9O. The van der Waals surface area contributed by atoms with Gasteiger partial charge in [-0.15, -0.1) is 5.10 Å². The number of aromatic nitrogens is 8. The summed E-state index contributed by atoms with van der Waals surface area (Å²) in [6, 6.07) is 7.03. The first-order chi connectivity index (χ1) is 12.2. The van der Waals surface area contributed by atoms with Gasteiger partial charge in [-0.3, -0.25) is 9.89 Å². The highest BCUT2D eigenvalue weighted by Crippen LogP contribution is 2.25. The number of H-pyrrole nitrogens is 1. The number of carbonyl (C=O) groups is 1. The van der Waals surface area contributed by atoms with E-state index in [0.29, 0.717) is 22.7 Å². The summed E-state index contributed by atoms with van der Waals surface area (Å²) in [6.45, 7) is 2.01. The molecule has 25 heavy (non-hydrogen) atoms. The van der Waals surface area contributed by atoms with Crippen molar-refractivity contribution in [3.8, 4) is 5.69 Å². The van der Waals surface area contributed by atoms with Crippen molar-refractivity contribution in [2.45, 2.75) is 13.3 Å². The highest BCUT2D eigenvalue weighted by Gasteiger charge is 2.17. The molecule has 1 amide bonds. The molecule has 0 saturated heterocycles. The number of aromatic amines is 1. The maximum atomic E-state index is 12.6. The zero-order chi connectivity index (χ0) is 17.4. The second-order valence-electron chi connectivity index (χ2n) is 5.48. The van der Waals surface area contributed by atoms with Crippen molar-refractivity contribution >= 4 is 22.8 Å². The van der Waals surface area contributed by atoms with Crippen molar-refractivity contribution in [2.75, 3.05) is 5.32 Å². The Labute approximate surface area is 141 Å². The molecule has 0 aliphatic carbocycles. The van der Waals surface area contributed by atoms with Crippen LogP contribution in [0.15, 0.2) is 30.6 Å². The molecule has 10 heteroatoms. The first kappa shape index (κ1) is 15.0. The van der Waals surface area contributed by atoms with Gasteiger partial charge in [0.1, 0.15) is 12.1 Å². The second kappa shape index (κ2) is 5.82. The third kappa shape index (κ3) is 2.53. The fourth-order valence-corrected chi connectivity index (χ4v) is 2.71. The Balaban J connectivity index is 1.66. The standard InChI is InChI=1S/C15H15N9O/c1-3-11-12-13(18-19-14(12)23(2)20-11)17-15(25)9-5-4-6-10(7-9)24-8-16-21-22-24/h4-8H,3H2,1-2H3,(H2,17,18,19,25). The number of nitrogens with one attached hydrogen (secondary N) is 2. The van der Waals surface area contributed by atoms with E-state index in [9.17, 15) is 4.79 Å². The minimum Gasteiger partial charge on any atom is -0.306 e. The smallest absolute Gasteiger partial charge is 0.256 e. The van der Waals surface area contributed by atoms with Crippen LogP contribution < -0.4 is 5.32 Å². The Morgan fingerprint density at radius 3 is 3.00 bits per heavy atom. The van der Waals surface area contributed by atoms with E-state index in [1.807, 2.05) is 20.0 Å². The summed E-state index contributed by atoms with van der Waals surface area (Å²) in [5, 5.41) is 26.2. The van der Waals surface area contributed by atoms with Gasteiger partial charge < -0.3 is 5.32 Å². The van der Waals surface area contributed by atoms with Crippen LogP contribution in [0.1, 0.15) is 23.0 Å². The van der Waals surface area contributed by atoms with Gasteiger partial charge >= 0.3 is 0 Å². The molecule has 2 N–H and O–H groups in total. The third-order valence-electron chi connectivity index (χ3n) is 3.91. The highest BCUT2D eigenvalue weighted by molar-refractivity contribution is 6.08. The van der Waals surface area contributed by atoms with E-state index in [1.165, 1.54) is 11.0 Å². The number of aryl methyl sites for hydroxylation is 2. The van der Waals surface area contributed by atoms with Crippen LogP contribution in [-0.4, -0.2) is 46.1 Å². The monoisotopic (exact) mass is 337 g/mol. The number of nitrogens with zero attached hydrogens (tertiary/aromatic N) is 7. The van der Waals surface area contributed by atoms with Gasteiger partial charge in [0.15, 0.2) is 5.65 Å². The summed E-state index contributed by atoms with van der Waals surface area (Å²) in [5.74, 6) is 0.282. The lowest BCUT2D eigenvalue weighted by Gasteiger charge is -2.05. The lowest BCUT2D eigenvalue weighted by atomic mass is 10.2. The number of hydrogen-bond donors (Lipinski definition) is 2. The molecule has 10 nitrogen and oxygen atoms in total. The largest absolute Gasteiger partial charge is 0.306 e. The molecule has 0 fully saturated rings. The van der Waals surface area contributed by atoms with E-state index in [0.717, 1.165) is 17.5 Å². The third-order valence-corrected chi connectivity index (χ3v) is 3.91. The van der Waals surface area contributed by atoms with E-state index in [2.05, 4.69) is 36.1 Å². The zero-order valence-electron chi connectivity index (χ0n) is 13.6. The number of rotatable bonds is 4. The van der Waals surface area contributed by atoms with Gasteiger partial charge in [-0.2, -0.15) is 10.2 Å². The summed E-state index contributed by atoms with van der Waals surface area (Å²) in [6.07, 6.45) is 2.22. The van der Waals surface area contributed by atoms with E-state index in [1.54, 1.807) is 22.9 Å². The summed E-state index contributed by atoms with van der Waals surface area (Å²) in [4.78, 5) is 12.6. The maximum Gasteiger partial charge on any atom is 0.256 e. The van der Waals surface area contributed by atoms with E-state index < -0.39 is 0 Å². The topological polar surface area (TPSA) is 119 Å². The predicted molar refractivity (Wildman–Crippen MR) is 89.3 cm³/mol. The Morgan fingerprint density at radius 1 is 1.36 bits per heavy atom. The fraction of sp³-hybridized carbons (Fsp3) is 0.200. The molecule has 126 valence electrons. The van der Waals surface area contributed by atoms with Gasteiger partial charge in [0.25, 0.3) is 5.91 Å². The van der Waals surface area contributed by atoms with E-state index >= 15 is 0 Å². The number of anilines is 1. The lowest BCUT2D eigenvalue weighted by molar-refractivity contribution is 0.102. The van der Waals surface area contributed by atoms with Crippen LogP contribution in [0.4, 0.5) is 5.82 Å². The van der Waals surface area contributed by atoms with Crippen molar-refractivity contribution in [3.05, 3.63) is 41.9 Å². The van der Waals surface area contributed by atoms with Gasteiger partial charge in [0.05, 0.1) is 16.8 Å². The quantitative estimate of drug-likeness (QED) is 0.575. The Hall–Kier alpha value is -3.56. The number of amides is 1. The molecular weight excluding hydrogens is 322 g/mol. The average molecular weight is 337 g/mol. The van der Waals surface area contributed by atoms with Crippen LogP contribution in [0.5, 0.6) is 0 Å². The maximum absolute atomic E-state index is 12.6. The van der Waals surface area contributed by atoms with Crippen LogP contribution in [0.25, 0.3) is 16.7 Å². The van der Waals surface area contributed by atoms with Crippen LogP contribution in [-0.2, 0) is 13.5 Å². The number of carbonyl (C=O) groups excluding carboxylic acids is 1. The average Bonchev–Trinajstić information content (AvgIpc) is 3.35. The number of fused-ring (bicyclic) bond motifs is 1. The normalized spacial score (nSPS) is 11.1. The summed E-state index contributed by atoms with van der Waals surface area (Å²) < 4.78 is 3.18. The SMILES string of the molecule is CCc1nn(C)c2n[nH]c(NC(=O)c3cccc(-n4cnnn4)c3)c12. The molecule has 0 aliphatic heterocycles. The van der Waals surface area contributed by atoms with Gasteiger partial charge in [-0.1, -0.05) is 13.0 Å². The molecule has 0 atom stereocenters. The van der Waals surface area contributed by atoms with Gasteiger partial charge in [0.2, 0.25) is 0 Å². The lowest BCUT2D eigenvalue weighted by Crippen LogP contribution is -2.13. The second-order valence-corrected chi connectivity index (χ2v) is 5.48. The number of hydrogen-bond acceptors (Lipinski definition) is 6. The molecule has 1 aromatic carbocycles. The van der Waals surface area contributed by atoms with Gasteiger partial charge in [0, 0.05) is 12.6 Å². The molecule has 0 aliphatic rings. The minimum absolute atomic E-state index is 0.258. The minimum atomic E-state index is -0.258. The number of benzene rings is 1. The Bertz CT molecular complexity index is 1040. The molecule has 3 heterocycles. The van der Waals surface area contributed by atoms with Crippen LogP contribution in [0, 0.1) is 0 Å². The molecule has 0 saturated carbocycles. The van der Waals surface area contributed by atoms with Gasteiger partial charge in [-0.05, 0) is 35.0 Å². The predicted octanol–water partition coefficient (Wildman–Crippen LogP) is 1.09. The summed E-state index contributed by atoms with van der Waals surface area (Å²) in [7, 11) is 1.82. The molecule has 4 rings (SSSR count). The van der Waals surface area contributed by atoms with Crippen LogP contribution in [0.2, 0.25) is 0 Å². The Morgan fingerprint density at radius 2 is 2.24 bits per heavy atom. The Kier molecular flexibility index (Phi) is 3.49. The summed E-state index contributed by atoms with van der Waals surface area (Å²) in [5.41, 5.74) is 2.76.